The average Bonchev–Trinajstić information content (AvgIpc) is 2.45. The third-order valence-electron chi connectivity index (χ3n) is 3.75. The van der Waals surface area contributed by atoms with Gasteiger partial charge in [-0.15, -0.1) is 0 Å². The van der Waals surface area contributed by atoms with Crippen molar-refractivity contribution in [3.63, 3.8) is 0 Å². The van der Waals surface area contributed by atoms with Crippen molar-refractivity contribution < 1.29 is 4.79 Å². The van der Waals surface area contributed by atoms with E-state index in [2.05, 4.69) is 21.2 Å². The molecule has 2 rings (SSSR count). The van der Waals surface area contributed by atoms with Crippen molar-refractivity contribution in [2.45, 2.75) is 19.3 Å². The summed E-state index contributed by atoms with van der Waals surface area (Å²) < 4.78 is 0.949. The second-order valence-electron chi connectivity index (χ2n) is 5.22. The first-order valence-corrected chi connectivity index (χ1v) is 7.68. The first-order valence-electron chi connectivity index (χ1n) is 6.88. The summed E-state index contributed by atoms with van der Waals surface area (Å²) in [6.45, 7) is 3.08. The number of nitrogens with one attached hydrogen (secondary N) is 1. The number of carbonyl (C=O) groups is 1. The van der Waals surface area contributed by atoms with E-state index >= 15 is 0 Å². The number of halogens is 1. The zero-order valence-electron chi connectivity index (χ0n) is 11.4. The number of rotatable bonds is 4. The van der Waals surface area contributed by atoms with E-state index in [4.69, 9.17) is 0 Å². The Hall–Kier alpha value is -0.870. The predicted octanol–water partition coefficient (Wildman–Crippen LogP) is 2.91. The molecule has 19 heavy (non-hydrogen) atoms. The van der Waals surface area contributed by atoms with Gasteiger partial charge in [-0.2, -0.15) is 0 Å². The molecule has 1 aromatic carbocycles. The van der Waals surface area contributed by atoms with Crippen molar-refractivity contribution in [3.05, 3.63) is 34.3 Å². The topological polar surface area (TPSA) is 32.3 Å². The highest BCUT2D eigenvalue weighted by molar-refractivity contribution is 9.10. The molecule has 0 unspecified atom stereocenters. The summed E-state index contributed by atoms with van der Waals surface area (Å²) in [7, 11) is 1.89. The Balaban J connectivity index is 1.85. The van der Waals surface area contributed by atoms with E-state index in [-0.39, 0.29) is 5.91 Å². The van der Waals surface area contributed by atoms with Gasteiger partial charge in [0.25, 0.3) is 5.91 Å². The number of nitrogens with zero attached hydrogens (tertiary/aromatic N) is 1. The van der Waals surface area contributed by atoms with Gasteiger partial charge in [0.05, 0.1) is 0 Å². The molecule has 1 aromatic rings. The molecule has 0 radical (unpaired) electrons. The molecular weight excluding hydrogens is 304 g/mol. The number of hydrogen-bond acceptors (Lipinski definition) is 2. The first kappa shape index (κ1) is 14.5. The SMILES string of the molecule is CN(CCC1CCNCC1)C(=O)c1cccc(Br)c1. The smallest absolute Gasteiger partial charge is 0.253 e. The molecule has 0 saturated carbocycles. The van der Waals surface area contributed by atoms with E-state index in [1.807, 2.05) is 36.2 Å². The van der Waals surface area contributed by atoms with Crippen molar-refractivity contribution in [2.75, 3.05) is 26.7 Å². The molecule has 104 valence electrons. The molecule has 0 bridgehead atoms. The molecule has 1 amide bonds. The lowest BCUT2D eigenvalue weighted by atomic mass is 9.94. The standard InChI is InChI=1S/C15H21BrN2O/c1-18(10-7-12-5-8-17-9-6-12)15(19)13-3-2-4-14(16)11-13/h2-4,11-12,17H,5-10H2,1H3. The fourth-order valence-electron chi connectivity index (χ4n) is 2.49. The van der Waals surface area contributed by atoms with Crippen molar-refractivity contribution in [2.24, 2.45) is 5.92 Å². The van der Waals surface area contributed by atoms with Gasteiger partial charge in [0, 0.05) is 23.6 Å². The second-order valence-corrected chi connectivity index (χ2v) is 6.13. The Morgan fingerprint density at radius 2 is 2.16 bits per heavy atom. The van der Waals surface area contributed by atoms with Gasteiger partial charge in [-0.25, -0.2) is 0 Å². The van der Waals surface area contributed by atoms with Crippen LogP contribution in [0.3, 0.4) is 0 Å². The fourth-order valence-corrected chi connectivity index (χ4v) is 2.89. The van der Waals surface area contributed by atoms with Crippen LogP contribution in [0.5, 0.6) is 0 Å². The molecule has 4 heteroatoms. The van der Waals surface area contributed by atoms with Crippen LogP contribution in [0, 0.1) is 5.92 Å². The van der Waals surface area contributed by atoms with E-state index < -0.39 is 0 Å². The van der Waals surface area contributed by atoms with Crippen LogP contribution in [0.1, 0.15) is 29.6 Å². The van der Waals surface area contributed by atoms with Crippen LogP contribution in [-0.4, -0.2) is 37.5 Å². The third-order valence-corrected chi connectivity index (χ3v) is 4.24. The summed E-state index contributed by atoms with van der Waals surface area (Å²) in [4.78, 5) is 14.1. The summed E-state index contributed by atoms with van der Waals surface area (Å²) in [5, 5.41) is 3.37. The maximum absolute atomic E-state index is 12.3. The van der Waals surface area contributed by atoms with Gasteiger partial charge in [0.15, 0.2) is 0 Å². The van der Waals surface area contributed by atoms with Crippen LogP contribution in [-0.2, 0) is 0 Å². The number of hydrogen-bond donors (Lipinski definition) is 1. The Labute approximate surface area is 123 Å². The monoisotopic (exact) mass is 324 g/mol. The van der Waals surface area contributed by atoms with Crippen LogP contribution in [0.4, 0.5) is 0 Å². The summed E-state index contributed by atoms with van der Waals surface area (Å²) in [5.74, 6) is 0.870. The zero-order valence-corrected chi connectivity index (χ0v) is 12.9. The van der Waals surface area contributed by atoms with E-state index in [1.165, 1.54) is 12.8 Å². The van der Waals surface area contributed by atoms with E-state index in [0.717, 1.165) is 42.0 Å². The van der Waals surface area contributed by atoms with Crippen LogP contribution in [0.25, 0.3) is 0 Å². The van der Waals surface area contributed by atoms with Crippen LogP contribution >= 0.6 is 15.9 Å². The van der Waals surface area contributed by atoms with Gasteiger partial charge in [-0.05, 0) is 56.5 Å². The maximum atomic E-state index is 12.3. The highest BCUT2D eigenvalue weighted by Crippen LogP contribution is 2.17. The average molecular weight is 325 g/mol. The molecule has 1 aliphatic heterocycles. The van der Waals surface area contributed by atoms with Crippen molar-refractivity contribution in [1.82, 2.24) is 10.2 Å². The highest BCUT2D eigenvalue weighted by Gasteiger charge is 2.16. The summed E-state index contributed by atoms with van der Waals surface area (Å²) >= 11 is 3.40. The normalized spacial score (nSPS) is 16.3. The zero-order chi connectivity index (χ0) is 13.7. The van der Waals surface area contributed by atoms with Crippen LogP contribution < -0.4 is 5.32 Å². The van der Waals surface area contributed by atoms with Gasteiger partial charge in [0.1, 0.15) is 0 Å². The fraction of sp³-hybridized carbons (Fsp3) is 0.533. The first-order chi connectivity index (χ1) is 9.16. The largest absolute Gasteiger partial charge is 0.342 e. The van der Waals surface area contributed by atoms with Gasteiger partial charge in [-0.3, -0.25) is 4.79 Å². The van der Waals surface area contributed by atoms with E-state index in [9.17, 15) is 4.79 Å². The van der Waals surface area contributed by atoms with E-state index in [0.29, 0.717) is 0 Å². The molecule has 1 aliphatic rings. The Morgan fingerprint density at radius 1 is 1.42 bits per heavy atom. The Kier molecular flexibility index (Phi) is 5.40. The van der Waals surface area contributed by atoms with Gasteiger partial charge >= 0.3 is 0 Å². The molecule has 0 aliphatic carbocycles. The molecule has 1 saturated heterocycles. The van der Waals surface area contributed by atoms with Crippen molar-refractivity contribution in [1.29, 1.82) is 0 Å². The molecule has 1 heterocycles. The van der Waals surface area contributed by atoms with E-state index in [1.54, 1.807) is 0 Å². The molecule has 0 aromatic heterocycles. The lowest BCUT2D eigenvalue weighted by Crippen LogP contribution is -2.32. The van der Waals surface area contributed by atoms with Gasteiger partial charge in [0.2, 0.25) is 0 Å². The molecule has 1 N–H and O–H groups in total. The molecule has 1 fully saturated rings. The number of carbonyl (C=O) groups excluding carboxylic acids is 1. The van der Waals surface area contributed by atoms with Crippen LogP contribution in [0.15, 0.2) is 28.7 Å². The lowest BCUT2D eigenvalue weighted by molar-refractivity contribution is 0.0784. The highest BCUT2D eigenvalue weighted by atomic mass is 79.9. The summed E-state index contributed by atoms with van der Waals surface area (Å²) in [6.07, 6.45) is 3.58. The summed E-state index contributed by atoms with van der Waals surface area (Å²) in [6, 6.07) is 7.58. The maximum Gasteiger partial charge on any atom is 0.253 e. The molecule has 3 nitrogen and oxygen atoms in total. The molecule has 0 spiro atoms. The number of amides is 1. The van der Waals surface area contributed by atoms with Crippen molar-refractivity contribution in [3.8, 4) is 0 Å². The number of benzene rings is 1. The summed E-state index contributed by atoms with van der Waals surface area (Å²) in [5.41, 5.74) is 0.752. The van der Waals surface area contributed by atoms with Gasteiger partial charge in [-0.1, -0.05) is 22.0 Å². The predicted molar refractivity (Wildman–Crippen MR) is 81.3 cm³/mol. The van der Waals surface area contributed by atoms with Crippen molar-refractivity contribution >= 4 is 21.8 Å². The molecular formula is C15H21BrN2O. The Bertz CT molecular complexity index is 430. The lowest BCUT2D eigenvalue weighted by Gasteiger charge is -2.25. The van der Waals surface area contributed by atoms with Gasteiger partial charge < -0.3 is 10.2 Å². The minimum absolute atomic E-state index is 0.107. The Morgan fingerprint density at radius 3 is 2.84 bits per heavy atom. The minimum Gasteiger partial charge on any atom is -0.342 e. The minimum atomic E-state index is 0.107. The molecule has 0 atom stereocenters. The third kappa shape index (κ3) is 4.32. The second kappa shape index (κ2) is 7.06. The van der Waals surface area contributed by atoms with Crippen LogP contribution in [0.2, 0.25) is 0 Å². The number of piperidine rings is 1. The quantitative estimate of drug-likeness (QED) is 0.923.